The monoisotopic (exact) mass is 284 g/mol. The van der Waals surface area contributed by atoms with Crippen molar-refractivity contribution in [2.24, 2.45) is 0 Å². The number of nitrogens with one attached hydrogen (secondary N) is 1. The van der Waals surface area contributed by atoms with E-state index in [0.29, 0.717) is 13.1 Å². The smallest absolute Gasteiger partial charge is 0.343 e. The lowest BCUT2D eigenvalue weighted by Crippen LogP contribution is -2.22. The lowest BCUT2D eigenvalue weighted by atomic mass is 10.1. The Morgan fingerprint density at radius 3 is 2.76 bits per heavy atom. The number of hydrogen-bond acceptors (Lipinski definition) is 4. The predicted octanol–water partition coefficient (Wildman–Crippen LogP) is 1.68. The number of aromatic nitrogens is 1. The van der Waals surface area contributed by atoms with E-state index in [1.54, 1.807) is 6.20 Å². The Hall–Kier alpha value is -2.40. The van der Waals surface area contributed by atoms with E-state index < -0.39 is 5.97 Å². The Morgan fingerprint density at radius 1 is 1.29 bits per heavy atom. The zero-order valence-corrected chi connectivity index (χ0v) is 11.8. The number of aromatic amines is 1. The van der Waals surface area contributed by atoms with Gasteiger partial charge in [-0.25, -0.2) is 4.79 Å². The second-order valence-corrected chi connectivity index (χ2v) is 5.12. The first-order valence-electron chi connectivity index (χ1n) is 6.77. The van der Waals surface area contributed by atoms with E-state index in [-0.39, 0.29) is 11.1 Å². The number of H-pyrrole nitrogens is 1. The standard InChI is InChI=1S/C16H16N2O3/c1-21-16(20)14-13-10-18(8-11-5-3-2-4-6-11)9-12(13)7-17-15(14)19/h2-7H,8-10H2,1H3,(H,17,19). The summed E-state index contributed by atoms with van der Waals surface area (Å²) in [5.41, 5.74) is 2.71. The molecule has 0 spiro atoms. The fraction of sp³-hybridized carbons (Fsp3) is 0.250. The van der Waals surface area contributed by atoms with E-state index in [2.05, 4.69) is 22.0 Å². The summed E-state index contributed by atoms with van der Waals surface area (Å²) in [6.07, 6.45) is 1.69. The number of carbonyl (C=O) groups excluding carboxylic acids is 1. The average molecular weight is 284 g/mol. The summed E-state index contributed by atoms with van der Waals surface area (Å²) in [7, 11) is 1.29. The molecule has 5 nitrogen and oxygen atoms in total. The van der Waals surface area contributed by atoms with Crippen molar-refractivity contribution in [3.05, 3.63) is 69.1 Å². The van der Waals surface area contributed by atoms with Crippen LogP contribution in [0.3, 0.4) is 0 Å². The minimum absolute atomic E-state index is 0.130. The van der Waals surface area contributed by atoms with Crippen molar-refractivity contribution >= 4 is 5.97 Å². The highest BCUT2D eigenvalue weighted by Crippen LogP contribution is 2.25. The number of methoxy groups -OCH3 is 1. The molecule has 0 radical (unpaired) electrons. The number of fused-ring (bicyclic) bond motifs is 1. The molecule has 5 heteroatoms. The Balaban J connectivity index is 1.87. The molecule has 1 aromatic heterocycles. The van der Waals surface area contributed by atoms with Gasteiger partial charge in [0.25, 0.3) is 5.56 Å². The second kappa shape index (κ2) is 5.54. The van der Waals surface area contributed by atoms with Crippen LogP contribution in [0.2, 0.25) is 0 Å². The van der Waals surface area contributed by atoms with Crippen molar-refractivity contribution in [2.45, 2.75) is 19.6 Å². The number of hydrogen-bond donors (Lipinski definition) is 1. The first-order valence-corrected chi connectivity index (χ1v) is 6.77. The Labute approximate surface area is 122 Å². The van der Waals surface area contributed by atoms with Gasteiger partial charge in [0.15, 0.2) is 0 Å². The van der Waals surface area contributed by atoms with Crippen LogP contribution in [0.4, 0.5) is 0 Å². The molecule has 2 heterocycles. The predicted molar refractivity (Wildman–Crippen MR) is 77.8 cm³/mol. The number of esters is 1. The maximum absolute atomic E-state index is 11.9. The molecule has 1 aliphatic rings. The maximum Gasteiger partial charge on any atom is 0.343 e. The molecule has 0 saturated carbocycles. The molecule has 0 atom stereocenters. The molecule has 1 aromatic carbocycles. The summed E-state index contributed by atoms with van der Waals surface area (Å²) >= 11 is 0. The molecule has 0 saturated heterocycles. The van der Waals surface area contributed by atoms with Crippen molar-refractivity contribution in [2.75, 3.05) is 7.11 Å². The van der Waals surface area contributed by atoms with E-state index in [1.165, 1.54) is 12.7 Å². The number of rotatable bonds is 3. The second-order valence-electron chi connectivity index (χ2n) is 5.12. The van der Waals surface area contributed by atoms with Crippen molar-refractivity contribution in [3.8, 4) is 0 Å². The topological polar surface area (TPSA) is 62.4 Å². The zero-order valence-electron chi connectivity index (χ0n) is 11.8. The van der Waals surface area contributed by atoms with Crippen LogP contribution in [0.15, 0.2) is 41.3 Å². The highest BCUT2D eigenvalue weighted by Gasteiger charge is 2.27. The third kappa shape index (κ3) is 2.60. The van der Waals surface area contributed by atoms with Crippen molar-refractivity contribution < 1.29 is 9.53 Å². The molecule has 0 bridgehead atoms. The van der Waals surface area contributed by atoms with Gasteiger partial charge >= 0.3 is 5.97 Å². The Kier molecular flexibility index (Phi) is 3.58. The molecular weight excluding hydrogens is 268 g/mol. The number of ether oxygens (including phenoxy) is 1. The van der Waals surface area contributed by atoms with E-state index in [0.717, 1.165) is 17.7 Å². The minimum Gasteiger partial charge on any atom is -0.465 e. The van der Waals surface area contributed by atoms with Crippen LogP contribution in [-0.2, 0) is 24.4 Å². The fourth-order valence-corrected chi connectivity index (χ4v) is 2.72. The molecular formula is C16H16N2O3. The summed E-state index contributed by atoms with van der Waals surface area (Å²) in [5, 5.41) is 0. The van der Waals surface area contributed by atoms with Gasteiger partial charge in [0, 0.05) is 25.8 Å². The van der Waals surface area contributed by atoms with Gasteiger partial charge in [0.05, 0.1) is 7.11 Å². The SMILES string of the molecule is COC(=O)c1c2c(c[nH]c1=O)CN(Cc1ccccc1)C2. The molecule has 2 aromatic rings. The highest BCUT2D eigenvalue weighted by molar-refractivity contribution is 5.91. The molecule has 21 heavy (non-hydrogen) atoms. The molecule has 0 fully saturated rings. The highest BCUT2D eigenvalue weighted by atomic mass is 16.5. The first kappa shape index (κ1) is 13.6. The van der Waals surface area contributed by atoms with Gasteiger partial charge < -0.3 is 9.72 Å². The summed E-state index contributed by atoms with van der Waals surface area (Å²) < 4.78 is 4.72. The number of carbonyl (C=O) groups is 1. The third-order valence-corrected chi connectivity index (χ3v) is 3.71. The summed E-state index contributed by atoms with van der Waals surface area (Å²) in [4.78, 5) is 28.5. The quantitative estimate of drug-likeness (QED) is 0.871. The Morgan fingerprint density at radius 2 is 2.05 bits per heavy atom. The van der Waals surface area contributed by atoms with Gasteiger partial charge in [0.2, 0.25) is 0 Å². The number of nitrogens with zero attached hydrogens (tertiary/aromatic N) is 1. The van der Waals surface area contributed by atoms with Crippen molar-refractivity contribution in [1.82, 2.24) is 9.88 Å². The van der Waals surface area contributed by atoms with Crippen LogP contribution in [0.1, 0.15) is 27.0 Å². The van der Waals surface area contributed by atoms with E-state index in [9.17, 15) is 9.59 Å². The lowest BCUT2D eigenvalue weighted by molar-refractivity contribution is 0.0597. The first-order chi connectivity index (χ1) is 10.2. The van der Waals surface area contributed by atoms with Crippen LogP contribution >= 0.6 is 0 Å². The number of benzene rings is 1. The molecule has 1 aliphatic heterocycles. The molecule has 0 unspecified atom stereocenters. The van der Waals surface area contributed by atoms with Crippen molar-refractivity contribution in [1.29, 1.82) is 0 Å². The Bertz CT molecular complexity index is 722. The normalized spacial score (nSPS) is 14.0. The van der Waals surface area contributed by atoms with Gasteiger partial charge in [0.1, 0.15) is 5.56 Å². The molecule has 108 valence electrons. The largest absolute Gasteiger partial charge is 0.465 e. The van der Waals surface area contributed by atoms with E-state index in [1.807, 2.05) is 18.2 Å². The van der Waals surface area contributed by atoms with Gasteiger partial charge in [-0.2, -0.15) is 0 Å². The average Bonchev–Trinajstić information content (AvgIpc) is 2.90. The third-order valence-electron chi connectivity index (χ3n) is 3.71. The van der Waals surface area contributed by atoms with E-state index in [4.69, 9.17) is 4.74 Å². The van der Waals surface area contributed by atoms with Crippen LogP contribution < -0.4 is 5.56 Å². The summed E-state index contributed by atoms with van der Waals surface area (Å²) in [6.45, 7) is 2.08. The van der Waals surface area contributed by atoms with Gasteiger partial charge in [-0.3, -0.25) is 9.69 Å². The van der Waals surface area contributed by atoms with Gasteiger partial charge in [-0.05, 0) is 16.7 Å². The van der Waals surface area contributed by atoms with Crippen LogP contribution in [0.5, 0.6) is 0 Å². The fourth-order valence-electron chi connectivity index (χ4n) is 2.72. The van der Waals surface area contributed by atoms with Crippen LogP contribution in [0, 0.1) is 0 Å². The summed E-state index contributed by atoms with van der Waals surface area (Å²) in [6, 6.07) is 10.1. The van der Waals surface area contributed by atoms with Gasteiger partial charge in [-0.1, -0.05) is 30.3 Å². The number of pyridine rings is 1. The summed E-state index contributed by atoms with van der Waals surface area (Å²) in [5.74, 6) is -0.574. The van der Waals surface area contributed by atoms with Crippen LogP contribution in [-0.4, -0.2) is 23.0 Å². The zero-order chi connectivity index (χ0) is 14.8. The lowest BCUT2D eigenvalue weighted by Gasteiger charge is -2.14. The maximum atomic E-state index is 11.9. The van der Waals surface area contributed by atoms with Gasteiger partial charge in [-0.15, -0.1) is 0 Å². The van der Waals surface area contributed by atoms with Crippen LogP contribution in [0.25, 0.3) is 0 Å². The molecule has 0 amide bonds. The molecule has 3 rings (SSSR count). The minimum atomic E-state index is -0.574. The molecule has 1 N–H and O–H groups in total. The van der Waals surface area contributed by atoms with E-state index >= 15 is 0 Å². The van der Waals surface area contributed by atoms with Crippen molar-refractivity contribution in [3.63, 3.8) is 0 Å². The molecule has 0 aliphatic carbocycles.